The number of aryl methyl sites for hydroxylation is 2. The molecule has 1 fully saturated rings. The second-order valence-electron chi connectivity index (χ2n) is 11.4. The third kappa shape index (κ3) is 7.91. The first-order valence-electron chi connectivity index (χ1n) is 15.0. The standard InChI is InChI=1S/C34H43N3O6S/c1-24-19-25(2)21-29(20-24)37(44(40,41)30-15-16-31(42-4)32(22-30)43-5)23-33(38)36(18-17-27-11-7-6-8-12-27)26(3)34(39)35-28-13-9-10-14-28/h6-8,11-12,15-16,19-22,26,28H,9-10,13-14,17-18,23H2,1-5H3,(H,35,39)/t26-/m1/s1. The Hall–Kier alpha value is -4.05. The highest BCUT2D eigenvalue weighted by Crippen LogP contribution is 2.33. The van der Waals surface area contributed by atoms with Gasteiger partial charge in [-0.3, -0.25) is 13.9 Å². The van der Waals surface area contributed by atoms with Gasteiger partial charge in [-0.05, 0) is 81.0 Å². The molecule has 0 aromatic heterocycles. The van der Waals surface area contributed by atoms with Crippen molar-refractivity contribution in [3.63, 3.8) is 0 Å². The summed E-state index contributed by atoms with van der Waals surface area (Å²) in [6, 6.07) is 18.8. The topological polar surface area (TPSA) is 105 Å². The van der Waals surface area contributed by atoms with Crippen molar-refractivity contribution >= 4 is 27.5 Å². The minimum atomic E-state index is -4.26. The lowest BCUT2D eigenvalue weighted by atomic mass is 10.1. The van der Waals surface area contributed by atoms with Crippen LogP contribution in [0.25, 0.3) is 0 Å². The highest BCUT2D eigenvalue weighted by atomic mass is 32.2. The molecule has 0 unspecified atom stereocenters. The summed E-state index contributed by atoms with van der Waals surface area (Å²) in [5.41, 5.74) is 3.07. The molecule has 4 rings (SSSR count). The monoisotopic (exact) mass is 621 g/mol. The van der Waals surface area contributed by atoms with Crippen LogP contribution in [0.5, 0.6) is 11.5 Å². The summed E-state index contributed by atoms with van der Waals surface area (Å²) in [7, 11) is -1.35. The zero-order valence-electron chi connectivity index (χ0n) is 26.2. The van der Waals surface area contributed by atoms with Crippen LogP contribution in [0, 0.1) is 13.8 Å². The summed E-state index contributed by atoms with van der Waals surface area (Å²) < 4.78 is 40.3. The number of sulfonamides is 1. The average molecular weight is 622 g/mol. The molecule has 1 saturated carbocycles. The second-order valence-corrected chi connectivity index (χ2v) is 13.2. The zero-order chi connectivity index (χ0) is 31.9. The molecular formula is C34H43N3O6S. The van der Waals surface area contributed by atoms with Gasteiger partial charge in [0.1, 0.15) is 12.6 Å². The molecule has 1 N–H and O–H groups in total. The van der Waals surface area contributed by atoms with E-state index in [-0.39, 0.29) is 29.1 Å². The number of anilines is 1. The van der Waals surface area contributed by atoms with Gasteiger partial charge in [-0.2, -0.15) is 0 Å². The maximum Gasteiger partial charge on any atom is 0.264 e. The second kappa shape index (κ2) is 14.6. The summed E-state index contributed by atoms with van der Waals surface area (Å²) in [5.74, 6) is -0.0751. The molecule has 10 heteroatoms. The van der Waals surface area contributed by atoms with Crippen molar-refractivity contribution in [3.8, 4) is 11.5 Å². The van der Waals surface area contributed by atoms with E-state index in [0.717, 1.165) is 46.7 Å². The number of nitrogens with zero attached hydrogens (tertiary/aromatic N) is 2. The zero-order valence-corrected chi connectivity index (χ0v) is 27.0. The van der Waals surface area contributed by atoms with E-state index in [0.29, 0.717) is 17.9 Å². The Morgan fingerprint density at radius 1 is 0.909 bits per heavy atom. The minimum absolute atomic E-state index is 0.0510. The third-order valence-electron chi connectivity index (χ3n) is 8.07. The van der Waals surface area contributed by atoms with E-state index in [1.54, 1.807) is 19.1 Å². The molecule has 1 aliphatic rings. The van der Waals surface area contributed by atoms with E-state index in [9.17, 15) is 18.0 Å². The number of amides is 2. The average Bonchev–Trinajstić information content (AvgIpc) is 3.52. The van der Waals surface area contributed by atoms with Gasteiger partial charge in [0.25, 0.3) is 10.0 Å². The Kier molecular flexibility index (Phi) is 10.9. The number of rotatable bonds is 13. The number of methoxy groups -OCH3 is 2. The van der Waals surface area contributed by atoms with Gasteiger partial charge in [-0.15, -0.1) is 0 Å². The van der Waals surface area contributed by atoms with Gasteiger partial charge >= 0.3 is 0 Å². The maximum atomic E-state index is 14.3. The molecule has 0 spiro atoms. The van der Waals surface area contributed by atoms with E-state index in [1.807, 2.05) is 50.2 Å². The Balaban J connectivity index is 1.70. The first-order valence-corrected chi connectivity index (χ1v) is 16.4. The summed E-state index contributed by atoms with van der Waals surface area (Å²) in [6.45, 7) is 5.22. The summed E-state index contributed by atoms with van der Waals surface area (Å²) >= 11 is 0. The van der Waals surface area contributed by atoms with E-state index in [2.05, 4.69) is 5.32 Å². The lowest BCUT2D eigenvalue weighted by molar-refractivity contribution is -0.139. The van der Waals surface area contributed by atoms with E-state index < -0.39 is 28.5 Å². The van der Waals surface area contributed by atoms with Crippen molar-refractivity contribution in [1.29, 1.82) is 0 Å². The quantitative estimate of drug-likeness (QED) is 0.287. The van der Waals surface area contributed by atoms with Crippen LogP contribution in [0.3, 0.4) is 0 Å². The van der Waals surface area contributed by atoms with Crippen molar-refractivity contribution in [2.45, 2.75) is 69.9 Å². The molecule has 3 aromatic rings. The molecule has 0 saturated heterocycles. The summed E-state index contributed by atoms with van der Waals surface area (Å²) in [4.78, 5) is 29.0. The Labute approximate surface area is 261 Å². The molecule has 0 bridgehead atoms. The van der Waals surface area contributed by atoms with Crippen LogP contribution < -0.4 is 19.1 Å². The van der Waals surface area contributed by atoms with Gasteiger partial charge in [-0.1, -0.05) is 49.2 Å². The van der Waals surface area contributed by atoms with Gasteiger partial charge in [0.05, 0.1) is 24.8 Å². The highest BCUT2D eigenvalue weighted by molar-refractivity contribution is 7.92. The predicted octanol–water partition coefficient (Wildman–Crippen LogP) is 5.03. The van der Waals surface area contributed by atoms with Gasteiger partial charge in [0.15, 0.2) is 11.5 Å². The molecule has 9 nitrogen and oxygen atoms in total. The fourth-order valence-electron chi connectivity index (χ4n) is 5.69. The van der Waals surface area contributed by atoms with E-state index in [1.165, 1.54) is 37.3 Å². The molecule has 0 radical (unpaired) electrons. The fourth-order valence-corrected chi connectivity index (χ4v) is 7.10. The van der Waals surface area contributed by atoms with Crippen molar-refractivity contribution in [2.24, 2.45) is 0 Å². The van der Waals surface area contributed by atoms with Crippen molar-refractivity contribution in [2.75, 3.05) is 31.6 Å². The van der Waals surface area contributed by atoms with Crippen molar-refractivity contribution in [3.05, 3.63) is 83.4 Å². The minimum Gasteiger partial charge on any atom is -0.493 e. The maximum absolute atomic E-state index is 14.3. The first-order chi connectivity index (χ1) is 21.0. The Morgan fingerprint density at radius 2 is 1.55 bits per heavy atom. The Morgan fingerprint density at radius 3 is 2.16 bits per heavy atom. The predicted molar refractivity (Wildman–Crippen MR) is 172 cm³/mol. The number of carbonyl (C=O) groups is 2. The lowest BCUT2D eigenvalue weighted by Gasteiger charge is -2.32. The molecule has 3 aromatic carbocycles. The summed E-state index contributed by atoms with van der Waals surface area (Å²) in [5, 5.41) is 3.10. The van der Waals surface area contributed by atoms with Crippen LogP contribution in [0.2, 0.25) is 0 Å². The van der Waals surface area contributed by atoms with E-state index >= 15 is 0 Å². The third-order valence-corrected chi connectivity index (χ3v) is 9.84. The SMILES string of the molecule is COc1ccc(S(=O)(=O)N(CC(=O)N(CCc2ccccc2)[C@H](C)C(=O)NC2CCCC2)c2cc(C)cc(C)c2)cc1OC. The number of hydrogen-bond acceptors (Lipinski definition) is 6. The van der Waals surface area contributed by atoms with Gasteiger partial charge in [0.2, 0.25) is 11.8 Å². The van der Waals surface area contributed by atoms with Gasteiger partial charge in [-0.25, -0.2) is 8.42 Å². The molecule has 1 atom stereocenters. The molecule has 44 heavy (non-hydrogen) atoms. The number of ether oxygens (including phenoxy) is 2. The molecule has 0 heterocycles. The van der Waals surface area contributed by atoms with Crippen LogP contribution in [0.15, 0.2) is 71.6 Å². The molecule has 0 aliphatic heterocycles. The van der Waals surface area contributed by atoms with Crippen LogP contribution in [-0.2, 0) is 26.0 Å². The molecular weight excluding hydrogens is 578 g/mol. The van der Waals surface area contributed by atoms with Crippen LogP contribution in [0.4, 0.5) is 5.69 Å². The van der Waals surface area contributed by atoms with Gasteiger partial charge in [0, 0.05) is 18.7 Å². The van der Waals surface area contributed by atoms with Crippen LogP contribution in [0.1, 0.15) is 49.3 Å². The molecule has 236 valence electrons. The normalized spacial score (nSPS) is 14.1. The number of hydrogen-bond donors (Lipinski definition) is 1. The Bertz CT molecular complexity index is 1530. The first kappa shape index (κ1) is 32.9. The van der Waals surface area contributed by atoms with Gasteiger partial charge < -0.3 is 19.7 Å². The van der Waals surface area contributed by atoms with Crippen LogP contribution in [-0.4, -0.2) is 64.5 Å². The number of carbonyl (C=O) groups excluding carboxylic acids is 2. The molecule has 1 aliphatic carbocycles. The molecule has 2 amide bonds. The number of nitrogens with one attached hydrogen (secondary N) is 1. The number of benzene rings is 3. The highest BCUT2D eigenvalue weighted by Gasteiger charge is 2.33. The van der Waals surface area contributed by atoms with Crippen LogP contribution >= 0.6 is 0 Å². The lowest BCUT2D eigenvalue weighted by Crippen LogP contribution is -2.53. The largest absolute Gasteiger partial charge is 0.493 e. The summed E-state index contributed by atoms with van der Waals surface area (Å²) in [6.07, 6.45) is 4.48. The van der Waals surface area contributed by atoms with Crippen molar-refractivity contribution < 1.29 is 27.5 Å². The fraction of sp³-hybridized carbons (Fsp3) is 0.412. The van der Waals surface area contributed by atoms with E-state index in [4.69, 9.17) is 9.47 Å². The smallest absolute Gasteiger partial charge is 0.264 e. The van der Waals surface area contributed by atoms with Crippen molar-refractivity contribution in [1.82, 2.24) is 10.2 Å².